The van der Waals surface area contributed by atoms with Crippen molar-refractivity contribution in [1.29, 1.82) is 0 Å². The SMILES string of the molecule is CN1C[C@@]2(c3ccccc3)C[C@@H]2C1=S. The first-order valence-corrected chi connectivity index (χ1v) is 5.45. The van der Waals surface area contributed by atoms with Gasteiger partial charge in [-0.15, -0.1) is 0 Å². The minimum absolute atomic E-state index is 0.382. The van der Waals surface area contributed by atoms with Crippen LogP contribution in [0.5, 0.6) is 0 Å². The first kappa shape index (κ1) is 8.42. The average molecular weight is 203 g/mol. The molecule has 2 aliphatic rings. The molecule has 3 rings (SSSR count). The standard InChI is InChI=1S/C12H13NS/c1-13-8-12(7-10(12)11(13)14)9-5-3-2-4-6-9/h2-6,10H,7-8H2,1H3/t10-,12-/m1/s1. The zero-order chi connectivity index (χ0) is 9.76. The molecule has 2 fully saturated rings. The second-order valence-corrected chi connectivity index (χ2v) is 4.89. The van der Waals surface area contributed by atoms with E-state index in [4.69, 9.17) is 12.2 Å². The van der Waals surface area contributed by atoms with Gasteiger partial charge in [-0.1, -0.05) is 42.5 Å². The molecule has 2 heteroatoms. The van der Waals surface area contributed by atoms with E-state index in [1.165, 1.54) is 12.0 Å². The summed E-state index contributed by atoms with van der Waals surface area (Å²) in [4.78, 5) is 3.39. The van der Waals surface area contributed by atoms with E-state index in [-0.39, 0.29) is 0 Å². The molecule has 0 N–H and O–H groups in total. The number of fused-ring (bicyclic) bond motifs is 1. The second-order valence-electron chi connectivity index (χ2n) is 4.47. The summed E-state index contributed by atoms with van der Waals surface area (Å²) in [5.74, 6) is 0.643. The summed E-state index contributed by atoms with van der Waals surface area (Å²) in [6, 6.07) is 10.8. The van der Waals surface area contributed by atoms with Gasteiger partial charge in [-0.25, -0.2) is 0 Å². The van der Waals surface area contributed by atoms with Gasteiger partial charge >= 0.3 is 0 Å². The lowest BCUT2D eigenvalue weighted by Gasteiger charge is -2.17. The third-order valence-electron chi connectivity index (χ3n) is 3.62. The summed E-state index contributed by atoms with van der Waals surface area (Å²) in [6.07, 6.45) is 1.26. The number of benzene rings is 1. The highest BCUT2D eigenvalue weighted by Crippen LogP contribution is 2.59. The van der Waals surface area contributed by atoms with Crippen LogP contribution in [0.25, 0.3) is 0 Å². The summed E-state index contributed by atoms with van der Waals surface area (Å²) >= 11 is 5.40. The van der Waals surface area contributed by atoms with Crippen molar-refractivity contribution in [2.24, 2.45) is 5.92 Å². The van der Waals surface area contributed by atoms with Crippen LogP contribution in [0, 0.1) is 5.92 Å². The minimum Gasteiger partial charge on any atom is -0.368 e. The summed E-state index contributed by atoms with van der Waals surface area (Å²) in [7, 11) is 2.11. The molecule has 0 amide bonds. The molecule has 14 heavy (non-hydrogen) atoms. The second kappa shape index (κ2) is 2.57. The summed E-state index contributed by atoms with van der Waals surface area (Å²) < 4.78 is 0. The van der Waals surface area contributed by atoms with Crippen molar-refractivity contribution >= 4 is 17.2 Å². The smallest absolute Gasteiger partial charge is 0.0818 e. The molecule has 1 heterocycles. The number of hydrogen-bond acceptors (Lipinski definition) is 1. The van der Waals surface area contributed by atoms with Crippen molar-refractivity contribution in [2.45, 2.75) is 11.8 Å². The molecule has 0 bridgehead atoms. The fourth-order valence-corrected chi connectivity index (χ4v) is 3.12. The lowest BCUT2D eigenvalue weighted by atomic mass is 9.95. The minimum atomic E-state index is 0.382. The monoisotopic (exact) mass is 203 g/mol. The molecular weight excluding hydrogens is 190 g/mol. The van der Waals surface area contributed by atoms with Crippen LogP contribution >= 0.6 is 12.2 Å². The van der Waals surface area contributed by atoms with Crippen LogP contribution in [0.2, 0.25) is 0 Å². The highest BCUT2D eigenvalue weighted by atomic mass is 32.1. The predicted octanol–water partition coefficient (Wildman–Crippen LogP) is 2.22. The van der Waals surface area contributed by atoms with Crippen LogP contribution in [0.4, 0.5) is 0 Å². The van der Waals surface area contributed by atoms with Gasteiger partial charge in [0.2, 0.25) is 0 Å². The lowest BCUT2D eigenvalue weighted by Crippen LogP contribution is -2.24. The average Bonchev–Trinajstić information content (AvgIpc) is 2.88. The molecule has 1 saturated carbocycles. The van der Waals surface area contributed by atoms with Gasteiger partial charge in [-0.3, -0.25) is 0 Å². The number of hydrogen-bond donors (Lipinski definition) is 0. The molecule has 1 aliphatic carbocycles. The van der Waals surface area contributed by atoms with E-state index in [0.717, 1.165) is 11.5 Å². The van der Waals surface area contributed by atoms with Crippen LogP contribution in [-0.2, 0) is 5.41 Å². The van der Waals surface area contributed by atoms with Crippen LogP contribution in [0.15, 0.2) is 30.3 Å². The van der Waals surface area contributed by atoms with Gasteiger partial charge in [0, 0.05) is 24.9 Å². The third kappa shape index (κ3) is 0.921. The molecule has 2 atom stereocenters. The number of piperidine rings is 1. The number of likely N-dealkylation sites (tertiary alicyclic amines) is 1. The molecule has 0 spiro atoms. The maximum absolute atomic E-state index is 5.40. The molecule has 0 unspecified atom stereocenters. The highest BCUT2D eigenvalue weighted by molar-refractivity contribution is 7.80. The van der Waals surface area contributed by atoms with Crippen LogP contribution < -0.4 is 0 Å². The zero-order valence-electron chi connectivity index (χ0n) is 8.23. The van der Waals surface area contributed by atoms with Crippen molar-refractivity contribution < 1.29 is 0 Å². The fourth-order valence-electron chi connectivity index (χ4n) is 2.75. The van der Waals surface area contributed by atoms with Crippen molar-refractivity contribution in [3.05, 3.63) is 35.9 Å². The van der Waals surface area contributed by atoms with Crippen LogP contribution in [-0.4, -0.2) is 23.5 Å². The maximum Gasteiger partial charge on any atom is 0.0818 e. The third-order valence-corrected chi connectivity index (χ3v) is 4.21. The molecular formula is C12H13NS. The van der Waals surface area contributed by atoms with E-state index in [0.29, 0.717) is 11.3 Å². The van der Waals surface area contributed by atoms with Crippen molar-refractivity contribution in [3.63, 3.8) is 0 Å². The van der Waals surface area contributed by atoms with E-state index in [9.17, 15) is 0 Å². The van der Waals surface area contributed by atoms with Gasteiger partial charge in [0.1, 0.15) is 0 Å². The Morgan fingerprint density at radius 3 is 2.64 bits per heavy atom. The largest absolute Gasteiger partial charge is 0.368 e. The van der Waals surface area contributed by atoms with Crippen molar-refractivity contribution in [1.82, 2.24) is 4.90 Å². The normalized spacial score (nSPS) is 34.5. The fraction of sp³-hybridized carbons (Fsp3) is 0.417. The van der Waals surface area contributed by atoms with Gasteiger partial charge in [0.05, 0.1) is 4.99 Å². The van der Waals surface area contributed by atoms with E-state index in [2.05, 4.69) is 42.3 Å². The Balaban J connectivity index is 1.99. The number of thiocarbonyl (C=S) groups is 1. The Morgan fingerprint density at radius 2 is 2.07 bits per heavy atom. The number of nitrogens with zero attached hydrogens (tertiary/aromatic N) is 1. The van der Waals surface area contributed by atoms with Crippen LogP contribution in [0.3, 0.4) is 0 Å². The van der Waals surface area contributed by atoms with Gasteiger partial charge in [0.25, 0.3) is 0 Å². The maximum atomic E-state index is 5.40. The summed E-state index contributed by atoms with van der Waals surface area (Å²) in [5.41, 5.74) is 1.85. The van der Waals surface area contributed by atoms with E-state index >= 15 is 0 Å². The zero-order valence-corrected chi connectivity index (χ0v) is 9.05. The van der Waals surface area contributed by atoms with Gasteiger partial charge in [-0.2, -0.15) is 0 Å². The molecule has 1 saturated heterocycles. The van der Waals surface area contributed by atoms with Gasteiger partial charge in [0.15, 0.2) is 0 Å². The van der Waals surface area contributed by atoms with E-state index in [1.54, 1.807) is 0 Å². The number of rotatable bonds is 1. The Bertz CT molecular complexity index is 387. The Kier molecular flexibility index (Phi) is 1.55. The molecule has 0 aromatic heterocycles. The summed E-state index contributed by atoms with van der Waals surface area (Å²) in [5, 5.41) is 0. The Hall–Kier alpha value is -0.890. The molecule has 72 valence electrons. The highest BCUT2D eigenvalue weighted by Gasteiger charge is 2.62. The molecule has 1 aliphatic heterocycles. The molecule has 1 nitrogen and oxygen atoms in total. The first-order chi connectivity index (χ1) is 6.74. The first-order valence-electron chi connectivity index (χ1n) is 5.04. The van der Waals surface area contributed by atoms with Gasteiger partial charge < -0.3 is 4.90 Å². The quantitative estimate of drug-likeness (QED) is 0.644. The topological polar surface area (TPSA) is 3.24 Å². The number of likely N-dealkylation sites (N-methyl/N-ethyl adjacent to an activating group) is 1. The van der Waals surface area contributed by atoms with Crippen molar-refractivity contribution in [2.75, 3.05) is 13.6 Å². The molecule has 0 radical (unpaired) electrons. The Morgan fingerprint density at radius 1 is 1.36 bits per heavy atom. The predicted molar refractivity (Wildman–Crippen MR) is 61.5 cm³/mol. The Labute approximate surface area is 89.7 Å². The molecule has 1 aromatic carbocycles. The van der Waals surface area contributed by atoms with E-state index < -0.39 is 0 Å². The molecule has 1 aromatic rings. The van der Waals surface area contributed by atoms with E-state index in [1.807, 2.05) is 0 Å². The van der Waals surface area contributed by atoms with Gasteiger partial charge in [-0.05, 0) is 12.0 Å². The summed E-state index contributed by atoms with van der Waals surface area (Å²) in [6.45, 7) is 1.11. The van der Waals surface area contributed by atoms with Crippen LogP contribution in [0.1, 0.15) is 12.0 Å². The lowest BCUT2D eigenvalue weighted by molar-refractivity contribution is 0.479. The van der Waals surface area contributed by atoms with Crippen molar-refractivity contribution in [3.8, 4) is 0 Å².